The molecule has 0 spiro atoms. The molecule has 16 heavy (non-hydrogen) atoms. The van der Waals surface area contributed by atoms with Gasteiger partial charge in [-0.2, -0.15) is 4.98 Å². The molecule has 2 aliphatic rings. The maximum atomic E-state index is 9.42. The molecule has 0 amide bonds. The monoisotopic (exact) mass is 224 g/mol. The molecular formula is C10H16N4O2. The molecule has 3 heterocycles. The van der Waals surface area contributed by atoms with Gasteiger partial charge in [0.05, 0.1) is 12.1 Å². The molecule has 0 bridgehead atoms. The molecule has 0 aliphatic carbocycles. The van der Waals surface area contributed by atoms with Crippen molar-refractivity contribution in [2.75, 3.05) is 24.5 Å². The third-order valence-corrected chi connectivity index (χ3v) is 3.23. The summed E-state index contributed by atoms with van der Waals surface area (Å²) in [5.74, 6) is 1.29. The highest BCUT2D eigenvalue weighted by Crippen LogP contribution is 2.24. The number of anilines is 1. The molecule has 6 nitrogen and oxygen atoms in total. The summed E-state index contributed by atoms with van der Waals surface area (Å²) in [4.78, 5) is 6.52. The maximum Gasteiger partial charge on any atom is 0.266 e. The van der Waals surface area contributed by atoms with Crippen LogP contribution in [-0.2, 0) is 0 Å². The number of aromatic nitrogens is 2. The van der Waals surface area contributed by atoms with Crippen LogP contribution in [0.4, 0.5) is 5.95 Å². The zero-order valence-electron chi connectivity index (χ0n) is 9.09. The summed E-state index contributed by atoms with van der Waals surface area (Å²) in [6, 6.07) is 0.0128. The van der Waals surface area contributed by atoms with Crippen LogP contribution in [0.3, 0.4) is 0 Å². The third kappa shape index (κ3) is 1.78. The summed E-state index contributed by atoms with van der Waals surface area (Å²) in [5, 5.41) is 16.6. The second-order valence-corrected chi connectivity index (χ2v) is 4.48. The number of hydrogen-bond acceptors (Lipinski definition) is 6. The van der Waals surface area contributed by atoms with Gasteiger partial charge >= 0.3 is 0 Å². The van der Waals surface area contributed by atoms with Crippen LogP contribution in [-0.4, -0.2) is 41.0 Å². The summed E-state index contributed by atoms with van der Waals surface area (Å²) in [6.45, 7) is 2.63. The Morgan fingerprint density at radius 2 is 2.19 bits per heavy atom. The minimum atomic E-state index is -0.299. The van der Waals surface area contributed by atoms with E-state index in [1.165, 1.54) is 12.8 Å². The van der Waals surface area contributed by atoms with Crippen LogP contribution in [0.15, 0.2) is 4.52 Å². The van der Waals surface area contributed by atoms with E-state index in [0.29, 0.717) is 24.8 Å². The predicted molar refractivity (Wildman–Crippen MR) is 57.1 cm³/mol. The summed E-state index contributed by atoms with van der Waals surface area (Å²) >= 11 is 0. The minimum absolute atomic E-state index is 0.0128. The molecule has 0 saturated carbocycles. The molecule has 0 radical (unpaired) electrons. The lowest BCUT2D eigenvalue weighted by molar-refractivity contribution is 0.191. The van der Waals surface area contributed by atoms with Gasteiger partial charge in [0.1, 0.15) is 0 Å². The van der Waals surface area contributed by atoms with Crippen LogP contribution in [0, 0.1) is 0 Å². The largest absolute Gasteiger partial charge is 0.392 e. The van der Waals surface area contributed by atoms with Gasteiger partial charge in [-0.05, 0) is 24.4 Å². The molecule has 2 N–H and O–H groups in total. The number of nitrogens with one attached hydrogen (secondary N) is 1. The molecule has 0 aromatic carbocycles. The van der Waals surface area contributed by atoms with Crippen molar-refractivity contribution >= 4 is 5.95 Å². The van der Waals surface area contributed by atoms with Gasteiger partial charge in [0.2, 0.25) is 5.89 Å². The van der Waals surface area contributed by atoms with Gasteiger partial charge in [0.25, 0.3) is 5.95 Å². The van der Waals surface area contributed by atoms with Gasteiger partial charge in [-0.25, -0.2) is 0 Å². The van der Waals surface area contributed by atoms with Gasteiger partial charge in [0, 0.05) is 19.6 Å². The average Bonchev–Trinajstić information content (AvgIpc) is 2.97. The molecule has 2 atom stereocenters. The molecule has 1 aromatic heterocycles. The van der Waals surface area contributed by atoms with E-state index in [4.69, 9.17) is 4.52 Å². The molecule has 3 rings (SSSR count). The Morgan fingerprint density at radius 3 is 2.88 bits per heavy atom. The SMILES string of the molecule is O[C@H]1CN[C@@H](c2nc(N3CCCC3)no2)C1. The van der Waals surface area contributed by atoms with Gasteiger partial charge in [-0.1, -0.05) is 0 Å². The Labute approximate surface area is 93.6 Å². The Kier molecular flexibility index (Phi) is 2.53. The van der Waals surface area contributed by atoms with E-state index in [9.17, 15) is 5.11 Å². The fourth-order valence-corrected chi connectivity index (χ4v) is 2.32. The van der Waals surface area contributed by atoms with E-state index in [1.54, 1.807) is 0 Å². The first-order valence-electron chi connectivity index (χ1n) is 5.83. The number of aliphatic hydroxyl groups is 1. The lowest BCUT2D eigenvalue weighted by Gasteiger charge is -2.10. The van der Waals surface area contributed by atoms with Gasteiger partial charge in [-0.3, -0.25) is 0 Å². The Balaban J connectivity index is 1.72. The quantitative estimate of drug-likeness (QED) is 0.740. The van der Waals surface area contributed by atoms with E-state index in [0.717, 1.165) is 13.1 Å². The van der Waals surface area contributed by atoms with Crippen LogP contribution in [0.5, 0.6) is 0 Å². The van der Waals surface area contributed by atoms with Gasteiger partial charge < -0.3 is 19.8 Å². The van der Waals surface area contributed by atoms with Gasteiger partial charge in [-0.15, -0.1) is 0 Å². The minimum Gasteiger partial charge on any atom is -0.392 e. The van der Waals surface area contributed by atoms with Crippen molar-refractivity contribution in [2.24, 2.45) is 0 Å². The molecule has 2 saturated heterocycles. The maximum absolute atomic E-state index is 9.42. The van der Waals surface area contributed by atoms with E-state index < -0.39 is 0 Å². The zero-order valence-corrected chi connectivity index (χ0v) is 9.09. The normalized spacial score (nSPS) is 30.2. The molecule has 6 heteroatoms. The molecule has 0 unspecified atom stereocenters. The van der Waals surface area contributed by atoms with Crippen LogP contribution < -0.4 is 10.2 Å². The number of hydrogen-bond donors (Lipinski definition) is 2. The standard InChI is InChI=1S/C10H16N4O2/c15-7-5-8(11-6-7)9-12-10(13-16-9)14-3-1-2-4-14/h7-8,11,15H,1-6H2/t7-,8-/m1/s1. The van der Waals surface area contributed by atoms with Crippen LogP contribution in [0.1, 0.15) is 31.2 Å². The first kappa shape index (κ1) is 10.0. The Morgan fingerprint density at radius 1 is 1.38 bits per heavy atom. The first-order valence-corrected chi connectivity index (χ1v) is 5.83. The van der Waals surface area contributed by atoms with E-state index >= 15 is 0 Å². The van der Waals surface area contributed by atoms with Gasteiger partial charge in [0.15, 0.2) is 0 Å². The van der Waals surface area contributed by atoms with Crippen molar-refractivity contribution in [3.8, 4) is 0 Å². The number of aliphatic hydroxyl groups excluding tert-OH is 1. The lowest BCUT2D eigenvalue weighted by Crippen LogP contribution is -2.19. The Hall–Kier alpha value is -1.14. The van der Waals surface area contributed by atoms with Crippen molar-refractivity contribution in [1.29, 1.82) is 0 Å². The highest BCUT2D eigenvalue weighted by atomic mass is 16.5. The molecule has 2 aliphatic heterocycles. The number of β-amino-alcohol motifs (C(OH)–C–C–N with tert-alkyl or cyclic N) is 1. The van der Waals surface area contributed by atoms with Crippen molar-refractivity contribution < 1.29 is 9.63 Å². The molecule has 88 valence electrons. The number of rotatable bonds is 2. The highest BCUT2D eigenvalue weighted by molar-refractivity contribution is 5.29. The van der Waals surface area contributed by atoms with Crippen molar-refractivity contribution in [3.05, 3.63) is 5.89 Å². The number of nitrogens with zero attached hydrogens (tertiary/aromatic N) is 3. The highest BCUT2D eigenvalue weighted by Gasteiger charge is 2.29. The smallest absolute Gasteiger partial charge is 0.266 e. The zero-order chi connectivity index (χ0) is 11.0. The van der Waals surface area contributed by atoms with E-state index in [1.807, 2.05) is 0 Å². The fraction of sp³-hybridized carbons (Fsp3) is 0.800. The average molecular weight is 224 g/mol. The van der Waals surface area contributed by atoms with E-state index in [-0.39, 0.29) is 12.1 Å². The van der Waals surface area contributed by atoms with Crippen molar-refractivity contribution in [2.45, 2.75) is 31.4 Å². The second-order valence-electron chi connectivity index (χ2n) is 4.48. The molecular weight excluding hydrogens is 208 g/mol. The first-order chi connectivity index (χ1) is 7.83. The van der Waals surface area contributed by atoms with Crippen LogP contribution in [0.25, 0.3) is 0 Å². The summed E-state index contributed by atoms with van der Waals surface area (Å²) in [7, 11) is 0. The summed E-state index contributed by atoms with van der Waals surface area (Å²) in [5.41, 5.74) is 0. The summed E-state index contributed by atoms with van der Waals surface area (Å²) < 4.78 is 5.23. The van der Waals surface area contributed by atoms with Crippen molar-refractivity contribution in [1.82, 2.24) is 15.5 Å². The lowest BCUT2D eigenvalue weighted by atomic mass is 10.2. The van der Waals surface area contributed by atoms with Crippen LogP contribution in [0.2, 0.25) is 0 Å². The molecule has 2 fully saturated rings. The van der Waals surface area contributed by atoms with Crippen LogP contribution >= 0.6 is 0 Å². The second kappa shape index (κ2) is 4.03. The fourth-order valence-electron chi connectivity index (χ4n) is 2.32. The third-order valence-electron chi connectivity index (χ3n) is 3.23. The Bertz CT molecular complexity index is 361. The molecule has 1 aromatic rings. The topological polar surface area (TPSA) is 74.4 Å². The summed E-state index contributed by atoms with van der Waals surface area (Å²) in [6.07, 6.45) is 2.75. The van der Waals surface area contributed by atoms with Crippen molar-refractivity contribution in [3.63, 3.8) is 0 Å². The van der Waals surface area contributed by atoms with E-state index in [2.05, 4.69) is 20.4 Å². The predicted octanol–water partition coefficient (Wildman–Crippen LogP) is 0.0651.